The van der Waals surface area contributed by atoms with Gasteiger partial charge in [-0.15, -0.1) is 0 Å². The van der Waals surface area contributed by atoms with Crippen LogP contribution in [-0.4, -0.2) is 35.1 Å². The van der Waals surface area contributed by atoms with Crippen molar-refractivity contribution in [2.75, 3.05) is 20.2 Å². The number of hydrogen-bond acceptors (Lipinski definition) is 5. The number of rotatable bonds is 6. The van der Waals surface area contributed by atoms with Gasteiger partial charge in [0.05, 0.1) is 13.3 Å². The monoisotopic (exact) mass is 349 g/mol. The van der Waals surface area contributed by atoms with Crippen molar-refractivity contribution in [2.45, 2.75) is 25.3 Å². The van der Waals surface area contributed by atoms with E-state index in [1.165, 1.54) is 5.56 Å². The molecule has 0 unspecified atom stereocenters. The Hall–Kier alpha value is -2.66. The predicted molar refractivity (Wildman–Crippen MR) is 99.2 cm³/mol. The molecule has 1 saturated heterocycles. The second-order valence-electron chi connectivity index (χ2n) is 6.78. The molecule has 1 atom stereocenters. The van der Waals surface area contributed by atoms with Gasteiger partial charge in [0.2, 0.25) is 0 Å². The van der Waals surface area contributed by atoms with Crippen LogP contribution in [0, 0.1) is 0 Å². The Kier molecular flexibility index (Phi) is 4.97. The molecule has 1 aromatic carbocycles. The summed E-state index contributed by atoms with van der Waals surface area (Å²) < 4.78 is 11.3. The highest BCUT2D eigenvalue weighted by atomic mass is 16.5. The van der Waals surface area contributed by atoms with Gasteiger partial charge in [-0.1, -0.05) is 18.2 Å². The molecule has 0 bridgehead atoms. The third kappa shape index (κ3) is 3.94. The molecule has 3 aromatic rings. The summed E-state index contributed by atoms with van der Waals surface area (Å²) in [5, 5.41) is 0. The van der Waals surface area contributed by atoms with Crippen molar-refractivity contribution in [1.29, 1.82) is 0 Å². The van der Waals surface area contributed by atoms with E-state index in [-0.39, 0.29) is 0 Å². The zero-order valence-corrected chi connectivity index (χ0v) is 15.0. The number of likely N-dealkylation sites (tertiary alicyclic amines) is 1. The van der Waals surface area contributed by atoms with E-state index in [2.05, 4.69) is 27.0 Å². The number of hydrogen-bond donors (Lipinski definition) is 0. The van der Waals surface area contributed by atoms with Crippen molar-refractivity contribution in [3.05, 3.63) is 77.8 Å². The normalized spacial score (nSPS) is 17.5. The lowest BCUT2D eigenvalue weighted by Gasteiger charge is -2.14. The molecule has 0 N–H and O–H groups in total. The molecule has 1 fully saturated rings. The van der Waals surface area contributed by atoms with E-state index in [9.17, 15) is 0 Å². The van der Waals surface area contributed by atoms with Gasteiger partial charge in [0, 0.05) is 37.8 Å². The molecular formula is C21H23N3O2. The maximum Gasteiger partial charge on any atom is 0.198 e. The molecule has 1 aliphatic heterocycles. The average molecular weight is 349 g/mol. The summed E-state index contributed by atoms with van der Waals surface area (Å²) in [5.74, 6) is 2.99. The Morgan fingerprint density at radius 3 is 2.96 bits per heavy atom. The number of nitrogens with zero attached hydrogens (tertiary/aromatic N) is 3. The molecule has 0 amide bonds. The van der Waals surface area contributed by atoms with E-state index in [1.807, 2.05) is 42.9 Å². The van der Waals surface area contributed by atoms with E-state index >= 15 is 0 Å². The largest absolute Gasteiger partial charge is 0.497 e. The van der Waals surface area contributed by atoms with Crippen LogP contribution >= 0.6 is 0 Å². The Labute approximate surface area is 153 Å². The fourth-order valence-corrected chi connectivity index (χ4v) is 3.50. The molecular weight excluding hydrogens is 326 g/mol. The number of aromatic nitrogens is 2. The zero-order valence-electron chi connectivity index (χ0n) is 15.0. The Balaban J connectivity index is 1.37. The summed E-state index contributed by atoms with van der Waals surface area (Å²) in [7, 11) is 1.68. The summed E-state index contributed by atoms with van der Waals surface area (Å²) in [6.07, 6.45) is 7.42. The van der Waals surface area contributed by atoms with E-state index in [1.54, 1.807) is 7.11 Å². The van der Waals surface area contributed by atoms with Gasteiger partial charge in [-0.2, -0.15) is 0 Å². The standard InChI is InChI=1S/C21H23N3O2/c1-25-19-6-2-4-16(10-19)11-20-13-23-21(26-20)18-7-9-24(15-18)14-17-5-3-8-22-12-17/h2-6,8,10,12-13,18H,7,9,11,14-15H2,1H3/t18-/m0/s1. The molecule has 5 nitrogen and oxygen atoms in total. The van der Waals surface area contributed by atoms with Gasteiger partial charge in [-0.05, 0) is 42.3 Å². The maximum absolute atomic E-state index is 6.05. The van der Waals surface area contributed by atoms with Crippen LogP contribution in [0.3, 0.4) is 0 Å². The minimum absolute atomic E-state index is 0.366. The van der Waals surface area contributed by atoms with E-state index in [4.69, 9.17) is 9.15 Å². The summed E-state index contributed by atoms with van der Waals surface area (Å²) in [5.41, 5.74) is 2.41. The van der Waals surface area contributed by atoms with Gasteiger partial charge in [-0.3, -0.25) is 9.88 Å². The lowest BCUT2D eigenvalue weighted by molar-refractivity contribution is 0.318. The Morgan fingerprint density at radius 2 is 2.12 bits per heavy atom. The quantitative estimate of drug-likeness (QED) is 0.680. The van der Waals surface area contributed by atoms with Gasteiger partial charge >= 0.3 is 0 Å². The number of ether oxygens (including phenoxy) is 1. The third-order valence-electron chi connectivity index (χ3n) is 4.83. The smallest absolute Gasteiger partial charge is 0.198 e. The van der Waals surface area contributed by atoms with E-state index in [0.29, 0.717) is 5.92 Å². The first kappa shape index (κ1) is 16.8. The molecule has 5 heteroatoms. The van der Waals surface area contributed by atoms with Gasteiger partial charge in [0.1, 0.15) is 11.5 Å². The summed E-state index contributed by atoms with van der Waals surface area (Å²) in [6.45, 7) is 2.98. The second kappa shape index (κ2) is 7.70. The fourth-order valence-electron chi connectivity index (χ4n) is 3.50. The van der Waals surface area contributed by atoms with Crippen molar-refractivity contribution in [3.63, 3.8) is 0 Å². The average Bonchev–Trinajstić information content (AvgIpc) is 3.32. The molecule has 134 valence electrons. The number of pyridine rings is 1. The first-order chi connectivity index (χ1) is 12.8. The fraction of sp³-hybridized carbons (Fsp3) is 0.333. The molecule has 0 aliphatic carbocycles. The minimum Gasteiger partial charge on any atom is -0.497 e. The van der Waals surface area contributed by atoms with Crippen LogP contribution in [0.2, 0.25) is 0 Å². The maximum atomic E-state index is 6.05. The van der Waals surface area contributed by atoms with Crippen molar-refractivity contribution >= 4 is 0 Å². The first-order valence-electron chi connectivity index (χ1n) is 8.99. The SMILES string of the molecule is COc1cccc(Cc2cnc([C@H]3CCN(Cc4cccnc4)C3)o2)c1. The second-order valence-corrected chi connectivity index (χ2v) is 6.78. The third-order valence-corrected chi connectivity index (χ3v) is 4.83. The Morgan fingerprint density at radius 1 is 1.19 bits per heavy atom. The van der Waals surface area contributed by atoms with Crippen LogP contribution in [-0.2, 0) is 13.0 Å². The van der Waals surface area contributed by atoms with E-state index in [0.717, 1.165) is 55.4 Å². The highest BCUT2D eigenvalue weighted by Crippen LogP contribution is 2.28. The number of methoxy groups -OCH3 is 1. The summed E-state index contributed by atoms with van der Waals surface area (Å²) in [6, 6.07) is 12.2. The van der Waals surface area contributed by atoms with Gasteiger partial charge in [-0.25, -0.2) is 4.98 Å². The van der Waals surface area contributed by atoms with Crippen LogP contribution in [0.15, 0.2) is 59.4 Å². The van der Waals surface area contributed by atoms with Crippen LogP contribution < -0.4 is 4.74 Å². The molecule has 3 heterocycles. The molecule has 4 rings (SSSR count). The van der Waals surface area contributed by atoms with Crippen LogP contribution in [0.1, 0.15) is 35.1 Å². The minimum atomic E-state index is 0.366. The molecule has 2 aromatic heterocycles. The van der Waals surface area contributed by atoms with Crippen LogP contribution in [0.5, 0.6) is 5.75 Å². The summed E-state index contributed by atoms with van der Waals surface area (Å²) >= 11 is 0. The van der Waals surface area contributed by atoms with Crippen molar-refractivity contribution in [2.24, 2.45) is 0 Å². The molecule has 1 aliphatic rings. The molecule has 0 saturated carbocycles. The van der Waals surface area contributed by atoms with E-state index < -0.39 is 0 Å². The van der Waals surface area contributed by atoms with Gasteiger partial charge in [0.25, 0.3) is 0 Å². The lowest BCUT2D eigenvalue weighted by Crippen LogP contribution is -2.19. The van der Waals surface area contributed by atoms with Crippen LogP contribution in [0.4, 0.5) is 0 Å². The van der Waals surface area contributed by atoms with Gasteiger partial charge in [0.15, 0.2) is 5.89 Å². The lowest BCUT2D eigenvalue weighted by atomic mass is 10.1. The highest BCUT2D eigenvalue weighted by molar-refractivity contribution is 5.30. The highest BCUT2D eigenvalue weighted by Gasteiger charge is 2.27. The zero-order chi connectivity index (χ0) is 17.8. The van der Waals surface area contributed by atoms with Crippen molar-refractivity contribution < 1.29 is 9.15 Å². The Bertz CT molecular complexity index is 847. The molecule has 26 heavy (non-hydrogen) atoms. The number of oxazole rings is 1. The molecule has 0 radical (unpaired) electrons. The number of benzene rings is 1. The van der Waals surface area contributed by atoms with Crippen molar-refractivity contribution in [3.8, 4) is 5.75 Å². The topological polar surface area (TPSA) is 51.4 Å². The van der Waals surface area contributed by atoms with Gasteiger partial charge < -0.3 is 9.15 Å². The first-order valence-corrected chi connectivity index (χ1v) is 8.99. The summed E-state index contributed by atoms with van der Waals surface area (Å²) in [4.78, 5) is 11.2. The van der Waals surface area contributed by atoms with Crippen molar-refractivity contribution in [1.82, 2.24) is 14.9 Å². The molecule has 0 spiro atoms. The van der Waals surface area contributed by atoms with Crippen LogP contribution in [0.25, 0.3) is 0 Å². The predicted octanol–water partition coefficient (Wildman–Crippen LogP) is 3.66.